The first-order chi connectivity index (χ1) is 7.22. The van der Waals surface area contributed by atoms with Crippen LogP contribution in [0.3, 0.4) is 0 Å². The summed E-state index contributed by atoms with van der Waals surface area (Å²) in [6.45, 7) is 0.848. The molecule has 0 aliphatic carbocycles. The van der Waals surface area contributed by atoms with Crippen LogP contribution in [0.2, 0.25) is 0 Å². The van der Waals surface area contributed by atoms with Crippen molar-refractivity contribution in [2.45, 2.75) is 13.0 Å². The zero-order valence-corrected chi connectivity index (χ0v) is 8.01. The van der Waals surface area contributed by atoms with Gasteiger partial charge < -0.3 is 5.11 Å². The smallest absolute Gasteiger partial charge is 0.336 e. The van der Waals surface area contributed by atoms with Gasteiger partial charge in [0.15, 0.2) is 0 Å². The van der Waals surface area contributed by atoms with Crippen LogP contribution in [0.5, 0.6) is 0 Å². The Bertz CT molecular complexity index is 417. The Labute approximate surface area is 86.3 Å². The molecule has 1 heterocycles. The highest BCUT2D eigenvalue weighted by atomic mass is 16.4. The zero-order valence-electron chi connectivity index (χ0n) is 8.01. The van der Waals surface area contributed by atoms with Crippen molar-refractivity contribution in [3.8, 4) is 0 Å². The third kappa shape index (κ3) is 1.68. The molecule has 0 aromatic heterocycles. The highest BCUT2D eigenvalue weighted by molar-refractivity contribution is 5.89. The minimum Gasteiger partial charge on any atom is -0.478 e. The first-order valence-corrected chi connectivity index (χ1v) is 4.64. The standard InChI is InChI=1S/C10H10N2O3/c13-10(14)8-3-1-2-7-4-5-12(11-15)6-9(7)8/h1-3H,4-6H2,(H,13,14). The van der Waals surface area contributed by atoms with Gasteiger partial charge in [0.25, 0.3) is 0 Å². The molecule has 0 fully saturated rings. The van der Waals surface area contributed by atoms with Crippen LogP contribution in [0.1, 0.15) is 21.5 Å². The lowest BCUT2D eigenvalue weighted by Crippen LogP contribution is -2.27. The number of benzene rings is 1. The van der Waals surface area contributed by atoms with Crippen molar-refractivity contribution < 1.29 is 9.90 Å². The molecule has 1 aromatic rings. The van der Waals surface area contributed by atoms with Gasteiger partial charge in [0, 0.05) is 6.54 Å². The summed E-state index contributed by atoms with van der Waals surface area (Å²) in [5.41, 5.74) is 1.96. The largest absolute Gasteiger partial charge is 0.478 e. The first-order valence-electron chi connectivity index (χ1n) is 4.64. The van der Waals surface area contributed by atoms with Crippen LogP contribution in [-0.2, 0) is 13.0 Å². The molecule has 5 nitrogen and oxygen atoms in total. The number of carbonyl (C=O) groups is 1. The summed E-state index contributed by atoms with van der Waals surface area (Å²) in [4.78, 5) is 21.3. The number of hydrogen-bond donors (Lipinski definition) is 1. The lowest BCUT2D eigenvalue weighted by atomic mass is 9.96. The lowest BCUT2D eigenvalue weighted by Gasteiger charge is -2.24. The molecular formula is C10H10N2O3. The Morgan fingerprint density at radius 1 is 1.47 bits per heavy atom. The van der Waals surface area contributed by atoms with Crippen LogP contribution in [0, 0.1) is 4.91 Å². The molecule has 5 heteroatoms. The summed E-state index contributed by atoms with van der Waals surface area (Å²) < 4.78 is 0. The van der Waals surface area contributed by atoms with E-state index in [1.807, 2.05) is 6.07 Å². The maximum Gasteiger partial charge on any atom is 0.336 e. The van der Waals surface area contributed by atoms with Crippen LogP contribution in [0.25, 0.3) is 0 Å². The van der Waals surface area contributed by atoms with E-state index in [0.717, 1.165) is 5.56 Å². The third-order valence-electron chi connectivity index (χ3n) is 2.60. The second-order valence-corrected chi connectivity index (χ2v) is 3.47. The molecule has 0 atom stereocenters. The van der Waals surface area contributed by atoms with Crippen molar-refractivity contribution in [2.75, 3.05) is 6.54 Å². The van der Waals surface area contributed by atoms with E-state index in [9.17, 15) is 9.70 Å². The van der Waals surface area contributed by atoms with E-state index in [1.165, 1.54) is 5.01 Å². The number of fused-ring (bicyclic) bond motifs is 1. The van der Waals surface area contributed by atoms with Crippen molar-refractivity contribution in [2.24, 2.45) is 5.29 Å². The Balaban J connectivity index is 2.45. The number of rotatable bonds is 2. The fourth-order valence-corrected chi connectivity index (χ4v) is 1.84. The first kappa shape index (κ1) is 9.64. The molecule has 2 rings (SSSR count). The molecule has 1 aliphatic heterocycles. The highest BCUT2D eigenvalue weighted by Gasteiger charge is 2.20. The molecule has 0 amide bonds. The number of carboxylic acids is 1. The van der Waals surface area contributed by atoms with Crippen LogP contribution >= 0.6 is 0 Å². The summed E-state index contributed by atoms with van der Waals surface area (Å²) in [5, 5.41) is 13.2. The number of aromatic carboxylic acids is 1. The predicted molar refractivity (Wildman–Crippen MR) is 53.3 cm³/mol. The van der Waals surface area contributed by atoms with Gasteiger partial charge >= 0.3 is 5.97 Å². The monoisotopic (exact) mass is 206 g/mol. The van der Waals surface area contributed by atoms with Gasteiger partial charge in [-0.2, -0.15) is 0 Å². The quantitative estimate of drug-likeness (QED) is 0.743. The van der Waals surface area contributed by atoms with Crippen LogP contribution < -0.4 is 0 Å². The predicted octanol–water partition coefficient (Wildman–Crippen LogP) is 1.42. The van der Waals surface area contributed by atoms with E-state index in [2.05, 4.69) is 5.29 Å². The fourth-order valence-electron chi connectivity index (χ4n) is 1.84. The second-order valence-electron chi connectivity index (χ2n) is 3.47. The molecule has 0 bridgehead atoms. The molecular weight excluding hydrogens is 196 g/mol. The second kappa shape index (κ2) is 3.68. The average molecular weight is 206 g/mol. The van der Waals surface area contributed by atoms with Gasteiger partial charge in [-0.25, -0.2) is 4.79 Å². The number of carboxylic acid groups (broad SMARTS) is 1. The van der Waals surface area contributed by atoms with Crippen molar-refractivity contribution in [3.63, 3.8) is 0 Å². The maximum atomic E-state index is 10.9. The fraction of sp³-hybridized carbons (Fsp3) is 0.300. The summed E-state index contributed by atoms with van der Waals surface area (Å²) >= 11 is 0. The minimum atomic E-state index is -0.959. The van der Waals surface area contributed by atoms with Gasteiger partial charge in [-0.1, -0.05) is 12.1 Å². The van der Waals surface area contributed by atoms with Gasteiger partial charge in [-0.3, -0.25) is 5.01 Å². The van der Waals surface area contributed by atoms with Crippen LogP contribution in [-0.4, -0.2) is 22.6 Å². The van der Waals surface area contributed by atoms with E-state index < -0.39 is 5.97 Å². The van der Waals surface area contributed by atoms with E-state index in [1.54, 1.807) is 12.1 Å². The molecule has 78 valence electrons. The van der Waals surface area contributed by atoms with E-state index >= 15 is 0 Å². The zero-order chi connectivity index (χ0) is 10.8. The summed E-state index contributed by atoms with van der Waals surface area (Å²) in [5.74, 6) is -0.959. The number of hydrogen-bond acceptors (Lipinski definition) is 3. The van der Waals surface area contributed by atoms with Crippen molar-refractivity contribution >= 4 is 5.97 Å². The molecule has 0 spiro atoms. The Kier molecular flexibility index (Phi) is 2.37. The van der Waals surface area contributed by atoms with E-state index in [0.29, 0.717) is 25.1 Å². The van der Waals surface area contributed by atoms with Crippen LogP contribution in [0.4, 0.5) is 0 Å². The van der Waals surface area contributed by atoms with Gasteiger partial charge in [0.2, 0.25) is 0 Å². The van der Waals surface area contributed by atoms with E-state index in [4.69, 9.17) is 5.11 Å². The van der Waals surface area contributed by atoms with Crippen molar-refractivity contribution in [1.82, 2.24) is 5.01 Å². The molecule has 0 unspecified atom stereocenters. The van der Waals surface area contributed by atoms with Gasteiger partial charge in [0.1, 0.15) is 0 Å². The third-order valence-corrected chi connectivity index (χ3v) is 2.60. The molecule has 1 N–H and O–H groups in total. The number of nitrogens with zero attached hydrogens (tertiary/aromatic N) is 2. The topological polar surface area (TPSA) is 70.0 Å². The Morgan fingerprint density at radius 2 is 2.27 bits per heavy atom. The van der Waals surface area contributed by atoms with Gasteiger partial charge in [-0.15, -0.1) is 4.91 Å². The average Bonchev–Trinajstić information content (AvgIpc) is 2.27. The minimum absolute atomic E-state index is 0.265. The molecule has 0 saturated carbocycles. The van der Waals surface area contributed by atoms with E-state index in [-0.39, 0.29) is 5.56 Å². The Morgan fingerprint density at radius 3 is 2.93 bits per heavy atom. The molecule has 1 aliphatic rings. The van der Waals surface area contributed by atoms with Gasteiger partial charge in [-0.05, 0) is 23.6 Å². The molecule has 0 saturated heterocycles. The Hall–Kier alpha value is -1.91. The lowest BCUT2D eigenvalue weighted by molar-refractivity contribution is 0.0693. The summed E-state index contributed by atoms with van der Waals surface area (Å²) in [6.07, 6.45) is 0.669. The molecule has 0 radical (unpaired) electrons. The van der Waals surface area contributed by atoms with Crippen molar-refractivity contribution in [3.05, 3.63) is 39.8 Å². The van der Waals surface area contributed by atoms with Gasteiger partial charge in [0.05, 0.1) is 17.4 Å². The molecule has 15 heavy (non-hydrogen) atoms. The van der Waals surface area contributed by atoms with Crippen molar-refractivity contribution in [1.29, 1.82) is 0 Å². The normalized spacial score (nSPS) is 14.5. The maximum absolute atomic E-state index is 10.9. The SMILES string of the molecule is O=NN1CCc2cccc(C(=O)O)c2C1. The highest BCUT2D eigenvalue weighted by Crippen LogP contribution is 2.22. The summed E-state index contributed by atoms with van der Waals surface area (Å²) in [6, 6.07) is 5.17. The van der Waals surface area contributed by atoms with Crippen LogP contribution in [0.15, 0.2) is 23.5 Å². The summed E-state index contributed by atoms with van der Waals surface area (Å²) in [7, 11) is 0. The molecule has 1 aromatic carbocycles. The number of nitroso groups, excluding NO2 is 1.